The molecule has 2 heterocycles. The zero-order valence-electron chi connectivity index (χ0n) is 9.44. The van der Waals surface area contributed by atoms with E-state index in [2.05, 4.69) is 23.4 Å². The summed E-state index contributed by atoms with van der Waals surface area (Å²) in [5, 5.41) is 0. The lowest BCUT2D eigenvalue weighted by atomic mass is 9.93. The van der Waals surface area contributed by atoms with Gasteiger partial charge in [0.1, 0.15) is 5.82 Å². The van der Waals surface area contributed by atoms with Crippen molar-refractivity contribution in [2.24, 2.45) is 5.73 Å². The molecule has 2 N–H and O–H groups in total. The molecule has 84 valence electrons. The lowest BCUT2D eigenvalue weighted by molar-refractivity contribution is -0.00465. The highest BCUT2D eigenvalue weighted by molar-refractivity contribution is 5.06. The van der Waals surface area contributed by atoms with Crippen molar-refractivity contribution in [3.05, 3.63) is 18.2 Å². The smallest absolute Gasteiger partial charge is 0.128 e. The van der Waals surface area contributed by atoms with E-state index < -0.39 is 0 Å². The summed E-state index contributed by atoms with van der Waals surface area (Å²) in [6.07, 6.45) is 5.88. The van der Waals surface area contributed by atoms with Crippen LogP contribution in [0.1, 0.15) is 38.6 Å². The van der Waals surface area contributed by atoms with Crippen LogP contribution in [0.25, 0.3) is 0 Å². The third-order valence-electron chi connectivity index (χ3n) is 3.27. The molecule has 1 saturated heterocycles. The van der Waals surface area contributed by atoms with E-state index in [0.717, 1.165) is 31.8 Å². The van der Waals surface area contributed by atoms with Crippen LogP contribution in [0.3, 0.4) is 0 Å². The van der Waals surface area contributed by atoms with E-state index in [9.17, 15) is 0 Å². The topological polar surface area (TPSA) is 53.1 Å². The quantitative estimate of drug-likeness (QED) is 0.820. The van der Waals surface area contributed by atoms with Gasteiger partial charge in [-0.05, 0) is 26.7 Å². The van der Waals surface area contributed by atoms with Crippen LogP contribution < -0.4 is 5.73 Å². The Balaban J connectivity index is 2.23. The summed E-state index contributed by atoms with van der Waals surface area (Å²) in [7, 11) is 0. The zero-order chi connectivity index (χ0) is 10.9. The summed E-state index contributed by atoms with van der Waals surface area (Å²) in [5.41, 5.74) is 6.01. The Labute approximate surface area is 90.4 Å². The van der Waals surface area contributed by atoms with Crippen LogP contribution in [0.15, 0.2) is 12.4 Å². The van der Waals surface area contributed by atoms with E-state index in [0.29, 0.717) is 0 Å². The van der Waals surface area contributed by atoms with Crippen LogP contribution in [0, 0.1) is 0 Å². The minimum Gasteiger partial charge on any atom is -0.373 e. The molecule has 1 aromatic heterocycles. The molecule has 1 aliphatic heterocycles. The van der Waals surface area contributed by atoms with Gasteiger partial charge < -0.3 is 15.0 Å². The van der Waals surface area contributed by atoms with Crippen LogP contribution in [0.2, 0.25) is 0 Å². The lowest BCUT2D eigenvalue weighted by Crippen LogP contribution is -2.39. The fraction of sp³-hybridized carbons (Fsp3) is 0.727. The number of aryl methyl sites for hydroxylation is 1. The van der Waals surface area contributed by atoms with Crippen LogP contribution in [-0.2, 0) is 11.3 Å². The number of rotatable bonds is 3. The van der Waals surface area contributed by atoms with Gasteiger partial charge in [-0.25, -0.2) is 4.98 Å². The van der Waals surface area contributed by atoms with Crippen molar-refractivity contribution in [2.45, 2.75) is 44.9 Å². The third-order valence-corrected chi connectivity index (χ3v) is 3.27. The second-order valence-corrected chi connectivity index (χ2v) is 4.31. The maximum atomic E-state index is 6.25. The van der Waals surface area contributed by atoms with Crippen molar-refractivity contribution in [2.75, 3.05) is 6.61 Å². The molecule has 2 rings (SSSR count). The molecule has 0 amide bonds. The second-order valence-electron chi connectivity index (χ2n) is 4.31. The summed E-state index contributed by atoms with van der Waals surface area (Å²) in [6.45, 7) is 5.89. The molecule has 1 aliphatic rings. The first-order valence-electron chi connectivity index (χ1n) is 5.58. The third kappa shape index (κ3) is 1.79. The number of ether oxygens (including phenoxy) is 1. The summed E-state index contributed by atoms with van der Waals surface area (Å²) in [4.78, 5) is 4.33. The predicted molar refractivity (Wildman–Crippen MR) is 58.4 cm³/mol. The number of nitrogens with zero attached hydrogens (tertiary/aromatic N) is 2. The Bertz CT molecular complexity index is 328. The SMILES string of the molecule is CCn1ccnc1C(N)C1(C)CCCO1. The van der Waals surface area contributed by atoms with Crippen molar-refractivity contribution in [1.29, 1.82) is 0 Å². The first-order valence-corrected chi connectivity index (χ1v) is 5.58. The number of aromatic nitrogens is 2. The van der Waals surface area contributed by atoms with Gasteiger partial charge in [0.25, 0.3) is 0 Å². The minimum atomic E-state index is -0.238. The minimum absolute atomic E-state index is 0.130. The standard InChI is InChI=1S/C11H19N3O/c1-3-14-7-6-13-10(14)9(12)11(2)5-4-8-15-11/h6-7,9H,3-5,8,12H2,1-2H3. The highest BCUT2D eigenvalue weighted by atomic mass is 16.5. The summed E-state index contributed by atoms with van der Waals surface area (Å²) in [6, 6.07) is -0.130. The van der Waals surface area contributed by atoms with Crippen LogP contribution in [0.4, 0.5) is 0 Å². The number of hydrogen-bond acceptors (Lipinski definition) is 3. The van der Waals surface area contributed by atoms with Gasteiger partial charge in [0.15, 0.2) is 0 Å². The molecule has 1 aromatic rings. The van der Waals surface area contributed by atoms with E-state index in [1.807, 2.05) is 6.20 Å². The number of hydrogen-bond donors (Lipinski definition) is 1. The van der Waals surface area contributed by atoms with Gasteiger partial charge >= 0.3 is 0 Å². The molecule has 0 spiro atoms. The van der Waals surface area contributed by atoms with Gasteiger partial charge in [0.05, 0.1) is 11.6 Å². The highest BCUT2D eigenvalue weighted by Gasteiger charge is 2.38. The monoisotopic (exact) mass is 209 g/mol. The normalized spacial score (nSPS) is 28.2. The van der Waals surface area contributed by atoms with Crippen LogP contribution in [0.5, 0.6) is 0 Å². The molecule has 0 aliphatic carbocycles. The Hall–Kier alpha value is -0.870. The maximum absolute atomic E-state index is 6.25. The zero-order valence-corrected chi connectivity index (χ0v) is 9.44. The van der Waals surface area contributed by atoms with Gasteiger partial charge in [0.2, 0.25) is 0 Å². The van der Waals surface area contributed by atoms with Crippen molar-refractivity contribution >= 4 is 0 Å². The average Bonchev–Trinajstić information content (AvgIpc) is 2.85. The average molecular weight is 209 g/mol. The summed E-state index contributed by atoms with van der Waals surface area (Å²) < 4.78 is 7.83. The predicted octanol–water partition coefficient (Wildman–Crippen LogP) is 1.47. The van der Waals surface area contributed by atoms with E-state index in [4.69, 9.17) is 10.5 Å². The molecule has 0 aromatic carbocycles. The highest BCUT2D eigenvalue weighted by Crippen LogP contribution is 2.34. The molecular weight excluding hydrogens is 190 g/mol. The van der Waals surface area contributed by atoms with Crippen molar-refractivity contribution in [3.63, 3.8) is 0 Å². The molecule has 4 nitrogen and oxygen atoms in total. The van der Waals surface area contributed by atoms with Gasteiger partial charge in [-0.1, -0.05) is 0 Å². The van der Waals surface area contributed by atoms with Crippen molar-refractivity contribution in [1.82, 2.24) is 9.55 Å². The largest absolute Gasteiger partial charge is 0.373 e. The molecule has 15 heavy (non-hydrogen) atoms. The van der Waals surface area contributed by atoms with Gasteiger partial charge in [-0.3, -0.25) is 0 Å². The van der Waals surface area contributed by atoms with E-state index >= 15 is 0 Å². The molecule has 2 atom stereocenters. The second kappa shape index (κ2) is 3.94. The first kappa shape index (κ1) is 10.6. The Morgan fingerprint density at radius 3 is 3.13 bits per heavy atom. The Morgan fingerprint density at radius 1 is 1.73 bits per heavy atom. The molecule has 0 radical (unpaired) electrons. The number of nitrogens with two attached hydrogens (primary N) is 1. The van der Waals surface area contributed by atoms with Crippen LogP contribution in [-0.4, -0.2) is 21.8 Å². The van der Waals surface area contributed by atoms with E-state index in [1.54, 1.807) is 6.20 Å². The molecule has 2 unspecified atom stereocenters. The van der Waals surface area contributed by atoms with Crippen molar-refractivity contribution < 1.29 is 4.74 Å². The fourth-order valence-electron chi connectivity index (χ4n) is 2.19. The molecule has 0 saturated carbocycles. The molecule has 4 heteroatoms. The molecule has 0 bridgehead atoms. The van der Waals surface area contributed by atoms with E-state index in [-0.39, 0.29) is 11.6 Å². The Kier molecular flexibility index (Phi) is 2.80. The Morgan fingerprint density at radius 2 is 2.53 bits per heavy atom. The summed E-state index contributed by atoms with van der Waals surface area (Å²) >= 11 is 0. The maximum Gasteiger partial charge on any atom is 0.128 e. The van der Waals surface area contributed by atoms with Gasteiger partial charge in [-0.2, -0.15) is 0 Å². The molecular formula is C11H19N3O. The van der Waals surface area contributed by atoms with E-state index in [1.165, 1.54) is 0 Å². The van der Waals surface area contributed by atoms with Gasteiger partial charge in [-0.15, -0.1) is 0 Å². The van der Waals surface area contributed by atoms with Crippen LogP contribution >= 0.6 is 0 Å². The van der Waals surface area contributed by atoms with Gasteiger partial charge in [0, 0.05) is 25.5 Å². The van der Waals surface area contributed by atoms with Crippen molar-refractivity contribution in [3.8, 4) is 0 Å². The number of imidazole rings is 1. The lowest BCUT2D eigenvalue weighted by Gasteiger charge is -2.30. The summed E-state index contributed by atoms with van der Waals surface area (Å²) in [5.74, 6) is 0.932. The first-order chi connectivity index (χ1) is 7.17. The molecule has 1 fully saturated rings. The fourth-order valence-corrected chi connectivity index (χ4v) is 2.19.